The lowest BCUT2D eigenvalue weighted by atomic mass is 9.89. The van der Waals surface area contributed by atoms with Crippen molar-refractivity contribution in [1.29, 1.82) is 0 Å². The lowest BCUT2D eigenvalue weighted by molar-refractivity contribution is 0.0330. The van der Waals surface area contributed by atoms with Gasteiger partial charge in [0.25, 0.3) is 0 Å². The maximum absolute atomic E-state index is 6.29. The SMILES string of the molecule is CC1CCc2c(sc3nc(CN4CCOCC4)nc(Oc4ccccc4)c23)C1. The minimum atomic E-state index is 0.714. The van der Waals surface area contributed by atoms with Crippen LogP contribution in [-0.2, 0) is 24.1 Å². The van der Waals surface area contributed by atoms with E-state index in [-0.39, 0.29) is 0 Å². The van der Waals surface area contributed by atoms with Gasteiger partial charge >= 0.3 is 0 Å². The molecule has 1 aliphatic heterocycles. The fourth-order valence-corrected chi connectivity index (χ4v) is 5.45. The fourth-order valence-electron chi connectivity index (χ4n) is 4.06. The summed E-state index contributed by atoms with van der Waals surface area (Å²) in [7, 11) is 0. The maximum Gasteiger partial charge on any atom is 0.231 e. The number of para-hydroxylation sites is 1. The molecule has 3 heterocycles. The fraction of sp³-hybridized carbons (Fsp3) is 0.455. The molecule has 1 atom stereocenters. The Morgan fingerprint density at radius 3 is 2.82 bits per heavy atom. The number of ether oxygens (including phenoxy) is 2. The Morgan fingerprint density at radius 2 is 2.00 bits per heavy atom. The van der Waals surface area contributed by atoms with Crippen LogP contribution in [0.3, 0.4) is 0 Å². The number of aryl methyl sites for hydroxylation is 1. The first kappa shape index (κ1) is 18.0. The molecule has 0 bridgehead atoms. The lowest BCUT2D eigenvalue weighted by Crippen LogP contribution is -2.36. The molecule has 1 aliphatic carbocycles. The minimum absolute atomic E-state index is 0.714. The van der Waals surface area contributed by atoms with Crippen molar-refractivity contribution in [2.45, 2.75) is 32.7 Å². The molecule has 1 aromatic carbocycles. The summed E-state index contributed by atoms with van der Waals surface area (Å²) < 4.78 is 11.8. The summed E-state index contributed by atoms with van der Waals surface area (Å²) in [5.41, 5.74) is 1.40. The molecule has 0 N–H and O–H groups in total. The zero-order chi connectivity index (χ0) is 18.9. The molecule has 0 radical (unpaired) electrons. The van der Waals surface area contributed by atoms with Gasteiger partial charge in [0, 0.05) is 18.0 Å². The molecule has 1 saturated heterocycles. The second kappa shape index (κ2) is 7.78. The van der Waals surface area contributed by atoms with Crippen LogP contribution in [0.15, 0.2) is 30.3 Å². The third kappa shape index (κ3) is 3.64. The van der Waals surface area contributed by atoms with E-state index in [2.05, 4.69) is 11.8 Å². The molecule has 6 heteroatoms. The van der Waals surface area contributed by atoms with Gasteiger partial charge < -0.3 is 9.47 Å². The average molecular weight is 396 g/mol. The highest BCUT2D eigenvalue weighted by atomic mass is 32.1. The summed E-state index contributed by atoms with van der Waals surface area (Å²) in [5.74, 6) is 3.11. The highest BCUT2D eigenvalue weighted by Gasteiger charge is 2.25. The first-order chi connectivity index (χ1) is 13.8. The lowest BCUT2D eigenvalue weighted by Gasteiger charge is -2.25. The van der Waals surface area contributed by atoms with Crippen molar-refractivity contribution >= 4 is 21.6 Å². The number of fused-ring (bicyclic) bond motifs is 3. The van der Waals surface area contributed by atoms with Gasteiger partial charge in [-0.2, -0.15) is 4.98 Å². The maximum atomic E-state index is 6.29. The Hall–Kier alpha value is -2.02. The molecular weight excluding hydrogens is 370 g/mol. The van der Waals surface area contributed by atoms with E-state index in [1.165, 1.54) is 16.9 Å². The number of thiophene rings is 1. The molecule has 1 fully saturated rings. The monoisotopic (exact) mass is 395 g/mol. The number of aromatic nitrogens is 2. The second-order valence-corrected chi connectivity index (χ2v) is 8.86. The first-order valence-electron chi connectivity index (χ1n) is 10.1. The number of morpholine rings is 1. The number of hydrogen-bond acceptors (Lipinski definition) is 6. The van der Waals surface area contributed by atoms with Gasteiger partial charge in [-0.05, 0) is 42.9 Å². The highest BCUT2D eigenvalue weighted by Crippen LogP contribution is 2.41. The molecule has 0 saturated carbocycles. The van der Waals surface area contributed by atoms with E-state index in [9.17, 15) is 0 Å². The number of benzene rings is 1. The van der Waals surface area contributed by atoms with E-state index in [1.807, 2.05) is 41.7 Å². The topological polar surface area (TPSA) is 47.5 Å². The van der Waals surface area contributed by atoms with E-state index in [0.717, 1.165) is 73.4 Å². The Morgan fingerprint density at radius 1 is 1.18 bits per heavy atom. The normalized spacial score (nSPS) is 20.2. The van der Waals surface area contributed by atoms with Crippen molar-refractivity contribution in [2.24, 2.45) is 5.92 Å². The van der Waals surface area contributed by atoms with Crippen molar-refractivity contribution < 1.29 is 9.47 Å². The van der Waals surface area contributed by atoms with Gasteiger partial charge in [0.05, 0.1) is 25.1 Å². The van der Waals surface area contributed by atoms with Gasteiger partial charge in [-0.1, -0.05) is 25.1 Å². The molecule has 5 nitrogen and oxygen atoms in total. The summed E-state index contributed by atoms with van der Waals surface area (Å²) in [4.78, 5) is 14.7. The predicted molar refractivity (Wildman–Crippen MR) is 111 cm³/mol. The largest absolute Gasteiger partial charge is 0.438 e. The van der Waals surface area contributed by atoms with Crippen LogP contribution in [0, 0.1) is 5.92 Å². The number of hydrogen-bond donors (Lipinski definition) is 0. The molecule has 3 aromatic rings. The van der Waals surface area contributed by atoms with Crippen LogP contribution >= 0.6 is 11.3 Å². The van der Waals surface area contributed by atoms with Gasteiger partial charge in [0.15, 0.2) is 0 Å². The molecule has 1 unspecified atom stereocenters. The molecule has 2 aliphatic rings. The van der Waals surface area contributed by atoms with Gasteiger partial charge in [-0.25, -0.2) is 4.98 Å². The van der Waals surface area contributed by atoms with Gasteiger partial charge in [-0.3, -0.25) is 4.90 Å². The Balaban J connectivity index is 1.56. The minimum Gasteiger partial charge on any atom is -0.438 e. The molecule has 2 aromatic heterocycles. The van der Waals surface area contributed by atoms with Crippen LogP contribution in [-0.4, -0.2) is 41.2 Å². The second-order valence-electron chi connectivity index (χ2n) is 7.78. The predicted octanol–water partition coefficient (Wildman–Crippen LogP) is 4.44. The van der Waals surface area contributed by atoms with Crippen molar-refractivity contribution in [3.05, 3.63) is 46.6 Å². The zero-order valence-corrected chi connectivity index (χ0v) is 17.0. The van der Waals surface area contributed by atoms with E-state index >= 15 is 0 Å². The molecule has 0 amide bonds. The van der Waals surface area contributed by atoms with Crippen LogP contribution in [0.4, 0.5) is 0 Å². The molecule has 0 spiro atoms. The molecular formula is C22H25N3O2S. The highest BCUT2D eigenvalue weighted by molar-refractivity contribution is 7.18. The molecule has 146 valence electrons. The summed E-state index contributed by atoms with van der Waals surface area (Å²) in [6.45, 7) is 6.48. The van der Waals surface area contributed by atoms with E-state index in [1.54, 1.807) is 0 Å². The molecule has 5 rings (SSSR count). The quantitative estimate of drug-likeness (QED) is 0.654. The van der Waals surface area contributed by atoms with Crippen molar-refractivity contribution in [3.8, 4) is 11.6 Å². The number of nitrogens with zero attached hydrogens (tertiary/aromatic N) is 3. The van der Waals surface area contributed by atoms with Gasteiger partial charge in [0.1, 0.15) is 16.4 Å². The van der Waals surface area contributed by atoms with Gasteiger partial charge in [0.2, 0.25) is 5.88 Å². The van der Waals surface area contributed by atoms with E-state index in [0.29, 0.717) is 5.88 Å². The third-order valence-electron chi connectivity index (χ3n) is 5.59. The smallest absolute Gasteiger partial charge is 0.231 e. The third-order valence-corrected chi connectivity index (χ3v) is 6.74. The van der Waals surface area contributed by atoms with Gasteiger partial charge in [-0.15, -0.1) is 11.3 Å². The summed E-state index contributed by atoms with van der Waals surface area (Å²) in [6.07, 6.45) is 3.45. The van der Waals surface area contributed by atoms with Crippen molar-refractivity contribution in [1.82, 2.24) is 14.9 Å². The number of rotatable bonds is 4. The standard InChI is InChI=1S/C22H25N3O2S/c1-15-7-8-17-18(13-15)28-22-20(17)21(27-16-5-3-2-4-6-16)23-19(24-22)14-25-9-11-26-12-10-25/h2-6,15H,7-14H2,1H3. The van der Waals surface area contributed by atoms with Crippen LogP contribution in [0.2, 0.25) is 0 Å². The first-order valence-corrected chi connectivity index (χ1v) is 10.9. The van der Waals surface area contributed by atoms with Crippen LogP contribution in [0.5, 0.6) is 11.6 Å². The Kier molecular flexibility index (Phi) is 5.01. The summed E-state index contributed by atoms with van der Waals surface area (Å²) in [5, 5.41) is 1.13. The summed E-state index contributed by atoms with van der Waals surface area (Å²) in [6, 6.07) is 9.95. The Labute approximate surface area is 169 Å². The molecule has 28 heavy (non-hydrogen) atoms. The van der Waals surface area contributed by atoms with E-state index < -0.39 is 0 Å². The van der Waals surface area contributed by atoms with Crippen molar-refractivity contribution in [3.63, 3.8) is 0 Å². The summed E-state index contributed by atoms with van der Waals surface area (Å²) >= 11 is 1.83. The van der Waals surface area contributed by atoms with Crippen LogP contribution < -0.4 is 4.74 Å². The van der Waals surface area contributed by atoms with Crippen molar-refractivity contribution in [2.75, 3.05) is 26.3 Å². The zero-order valence-electron chi connectivity index (χ0n) is 16.2. The average Bonchev–Trinajstić information content (AvgIpc) is 3.07. The Bertz CT molecular complexity index is 967. The van der Waals surface area contributed by atoms with Crippen LogP contribution in [0.1, 0.15) is 29.6 Å². The van der Waals surface area contributed by atoms with E-state index in [4.69, 9.17) is 19.4 Å². The van der Waals surface area contributed by atoms with Crippen LogP contribution in [0.25, 0.3) is 10.2 Å².